The molecule has 1 N–H and O–H groups in total. The molecular weight excluding hydrogens is 200 g/mol. The van der Waals surface area contributed by atoms with Crippen LogP contribution in [0.5, 0.6) is 0 Å². The molecule has 1 rings (SSSR count). The van der Waals surface area contributed by atoms with Crippen molar-refractivity contribution in [1.29, 1.82) is 0 Å². The number of hydrogen-bond acceptors (Lipinski definition) is 3. The lowest BCUT2D eigenvalue weighted by molar-refractivity contribution is 0.291. The summed E-state index contributed by atoms with van der Waals surface area (Å²) in [4.78, 5) is 2.28. The summed E-state index contributed by atoms with van der Waals surface area (Å²) in [5.74, 6) is 2.04. The van der Waals surface area contributed by atoms with E-state index in [0.717, 1.165) is 37.7 Å². The Balaban J connectivity index is 2.09. The molecule has 1 aromatic heterocycles. The highest BCUT2D eigenvalue weighted by Crippen LogP contribution is 2.07. The maximum atomic E-state index is 5.54. The van der Waals surface area contributed by atoms with E-state index in [4.69, 9.17) is 4.42 Å². The van der Waals surface area contributed by atoms with Crippen molar-refractivity contribution in [2.75, 3.05) is 26.7 Å². The largest absolute Gasteiger partial charge is 0.465 e. The first-order valence-electron chi connectivity index (χ1n) is 6.17. The summed E-state index contributed by atoms with van der Waals surface area (Å²) in [7, 11) is 2.12. The Morgan fingerprint density at radius 1 is 1.31 bits per heavy atom. The number of hydrogen-bond donors (Lipinski definition) is 1. The van der Waals surface area contributed by atoms with Gasteiger partial charge in [-0.2, -0.15) is 0 Å². The van der Waals surface area contributed by atoms with Crippen molar-refractivity contribution >= 4 is 0 Å². The molecule has 16 heavy (non-hydrogen) atoms. The summed E-state index contributed by atoms with van der Waals surface area (Å²) in [6.07, 6.45) is 2.52. The number of aryl methyl sites for hydroxylation is 1. The van der Waals surface area contributed by atoms with Crippen LogP contribution in [0.3, 0.4) is 0 Å². The molecule has 0 saturated heterocycles. The summed E-state index contributed by atoms with van der Waals surface area (Å²) >= 11 is 0. The summed E-state index contributed by atoms with van der Waals surface area (Å²) in [6.45, 7) is 8.33. The first kappa shape index (κ1) is 13.3. The minimum absolute atomic E-state index is 0.892. The molecule has 0 aromatic carbocycles. The zero-order valence-corrected chi connectivity index (χ0v) is 10.8. The van der Waals surface area contributed by atoms with E-state index in [1.807, 2.05) is 13.0 Å². The number of nitrogens with one attached hydrogen (secondary N) is 1. The molecule has 1 aromatic rings. The maximum Gasteiger partial charge on any atom is 0.118 e. The van der Waals surface area contributed by atoms with Crippen molar-refractivity contribution in [2.45, 2.75) is 33.2 Å². The van der Waals surface area contributed by atoms with Crippen molar-refractivity contribution in [1.82, 2.24) is 10.2 Å². The molecule has 0 amide bonds. The van der Waals surface area contributed by atoms with Crippen molar-refractivity contribution < 1.29 is 4.42 Å². The van der Waals surface area contributed by atoms with Gasteiger partial charge in [-0.1, -0.05) is 13.3 Å². The van der Waals surface area contributed by atoms with Gasteiger partial charge >= 0.3 is 0 Å². The van der Waals surface area contributed by atoms with Gasteiger partial charge in [-0.05, 0) is 39.1 Å². The van der Waals surface area contributed by atoms with E-state index in [1.54, 1.807) is 0 Å². The minimum Gasteiger partial charge on any atom is -0.465 e. The number of furan rings is 1. The molecule has 0 unspecified atom stereocenters. The summed E-state index contributed by atoms with van der Waals surface area (Å²) in [5, 5.41) is 3.44. The second-order valence-electron chi connectivity index (χ2n) is 4.35. The normalized spacial score (nSPS) is 11.2. The van der Waals surface area contributed by atoms with Gasteiger partial charge in [0.05, 0.1) is 6.54 Å². The van der Waals surface area contributed by atoms with E-state index in [2.05, 4.69) is 30.3 Å². The quantitative estimate of drug-likeness (QED) is 0.687. The Labute approximate surface area is 98.8 Å². The smallest absolute Gasteiger partial charge is 0.118 e. The molecular formula is C13H24N2O. The average molecular weight is 224 g/mol. The number of likely N-dealkylation sites (N-methyl/N-ethyl adjacent to an activating group) is 1. The first-order chi connectivity index (χ1) is 7.72. The van der Waals surface area contributed by atoms with Crippen LogP contribution in [0.2, 0.25) is 0 Å². The summed E-state index contributed by atoms with van der Waals surface area (Å²) < 4.78 is 5.54. The standard InChI is InChI=1S/C13H24N2O/c1-4-5-8-14-9-10-15(3)11-13-7-6-12(2)16-13/h6-7,14H,4-5,8-11H2,1-3H3. The minimum atomic E-state index is 0.892. The third-order valence-corrected chi connectivity index (χ3v) is 2.60. The Kier molecular flexibility index (Phi) is 6.19. The molecule has 0 bridgehead atoms. The molecule has 3 nitrogen and oxygen atoms in total. The van der Waals surface area contributed by atoms with Crippen molar-refractivity contribution in [2.24, 2.45) is 0 Å². The zero-order chi connectivity index (χ0) is 11.8. The second-order valence-corrected chi connectivity index (χ2v) is 4.35. The highest BCUT2D eigenvalue weighted by atomic mass is 16.3. The molecule has 0 spiro atoms. The number of unbranched alkanes of at least 4 members (excludes halogenated alkanes) is 1. The Morgan fingerprint density at radius 3 is 2.75 bits per heavy atom. The fourth-order valence-electron chi connectivity index (χ4n) is 1.61. The zero-order valence-electron chi connectivity index (χ0n) is 10.8. The van der Waals surface area contributed by atoms with Gasteiger partial charge in [-0.25, -0.2) is 0 Å². The lowest BCUT2D eigenvalue weighted by Crippen LogP contribution is -2.29. The average Bonchev–Trinajstić information content (AvgIpc) is 2.63. The maximum absolute atomic E-state index is 5.54. The molecule has 3 heteroatoms. The summed E-state index contributed by atoms with van der Waals surface area (Å²) in [6, 6.07) is 4.07. The van der Waals surface area contributed by atoms with Gasteiger partial charge < -0.3 is 9.73 Å². The molecule has 0 aliphatic carbocycles. The van der Waals surface area contributed by atoms with Crippen LogP contribution >= 0.6 is 0 Å². The van der Waals surface area contributed by atoms with Crippen LogP contribution < -0.4 is 5.32 Å². The van der Waals surface area contributed by atoms with Crippen LogP contribution in [0.4, 0.5) is 0 Å². The van der Waals surface area contributed by atoms with Crippen molar-refractivity contribution in [3.8, 4) is 0 Å². The molecule has 0 aliphatic heterocycles. The fraction of sp³-hybridized carbons (Fsp3) is 0.692. The van der Waals surface area contributed by atoms with E-state index >= 15 is 0 Å². The Bertz CT molecular complexity index is 283. The highest BCUT2D eigenvalue weighted by Gasteiger charge is 2.03. The van der Waals surface area contributed by atoms with Gasteiger partial charge in [0.2, 0.25) is 0 Å². The molecule has 0 fully saturated rings. The fourth-order valence-corrected chi connectivity index (χ4v) is 1.61. The predicted molar refractivity (Wildman–Crippen MR) is 67.6 cm³/mol. The summed E-state index contributed by atoms with van der Waals surface area (Å²) in [5.41, 5.74) is 0. The molecule has 92 valence electrons. The lowest BCUT2D eigenvalue weighted by Gasteiger charge is -2.15. The Morgan fingerprint density at radius 2 is 2.12 bits per heavy atom. The molecule has 0 saturated carbocycles. The van der Waals surface area contributed by atoms with E-state index < -0.39 is 0 Å². The monoisotopic (exact) mass is 224 g/mol. The van der Waals surface area contributed by atoms with Crippen LogP contribution in [0.1, 0.15) is 31.3 Å². The van der Waals surface area contributed by atoms with Crippen molar-refractivity contribution in [3.05, 3.63) is 23.7 Å². The van der Waals surface area contributed by atoms with Gasteiger partial charge in [0, 0.05) is 13.1 Å². The topological polar surface area (TPSA) is 28.4 Å². The van der Waals surface area contributed by atoms with Crippen LogP contribution in [-0.2, 0) is 6.54 Å². The van der Waals surface area contributed by atoms with Gasteiger partial charge in [-0.15, -0.1) is 0 Å². The lowest BCUT2D eigenvalue weighted by atomic mass is 10.3. The number of rotatable bonds is 8. The van der Waals surface area contributed by atoms with Crippen molar-refractivity contribution in [3.63, 3.8) is 0 Å². The van der Waals surface area contributed by atoms with Crippen LogP contribution in [0.15, 0.2) is 16.5 Å². The molecule has 0 radical (unpaired) electrons. The predicted octanol–water partition coefficient (Wildman–Crippen LogP) is 2.41. The van der Waals surface area contributed by atoms with Gasteiger partial charge in [0.1, 0.15) is 11.5 Å². The van der Waals surface area contributed by atoms with Crippen LogP contribution in [-0.4, -0.2) is 31.6 Å². The molecule has 1 heterocycles. The molecule has 0 aliphatic rings. The van der Waals surface area contributed by atoms with Gasteiger partial charge in [0.25, 0.3) is 0 Å². The molecule has 0 atom stereocenters. The Hall–Kier alpha value is -0.800. The highest BCUT2D eigenvalue weighted by molar-refractivity contribution is 5.05. The van der Waals surface area contributed by atoms with Crippen LogP contribution in [0, 0.1) is 6.92 Å². The third kappa shape index (κ3) is 5.33. The SMILES string of the molecule is CCCCNCCN(C)Cc1ccc(C)o1. The number of nitrogens with zero attached hydrogens (tertiary/aromatic N) is 1. The van der Waals surface area contributed by atoms with E-state index in [1.165, 1.54) is 12.8 Å². The van der Waals surface area contributed by atoms with E-state index in [9.17, 15) is 0 Å². The van der Waals surface area contributed by atoms with E-state index in [-0.39, 0.29) is 0 Å². The van der Waals surface area contributed by atoms with Gasteiger partial charge in [-0.3, -0.25) is 4.90 Å². The van der Waals surface area contributed by atoms with Crippen LogP contribution in [0.25, 0.3) is 0 Å². The van der Waals surface area contributed by atoms with Gasteiger partial charge in [0.15, 0.2) is 0 Å². The first-order valence-corrected chi connectivity index (χ1v) is 6.17. The second kappa shape index (κ2) is 7.47. The van der Waals surface area contributed by atoms with E-state index in [0.29, 0.717) is 0 Å². The third-order valence-electron chi connectivity index (χ3n) is 2.60.